The minimum atomic E-state index is 0.0532. The molecule has 3 heterocycles. The average Bonchev–Trinajstić information content (AvgIpc) is 3.03. The lowest BCUT2D eigenvalue weighted by molar-refractivity contribution is -0.121. The molecule has 1 N–H and O–H groups in total. The lowest BCUT2D eigenvalue weighted by Crippen LogP contribution is -2.31. The molecular formula is C19H26N4OS. The van der Waals surface area contributed by atoms with Gasteiger partial charge in [0.15, 0.2) is 0 Å². The Morgan fingerprint density at radius 3 is 2.76 bits per heavy atom. The molecule has 0 atom stereocenters. The molecule has 0 bridgehead atoms. The molecule has 3 rings (SSSR count). The van der Waals surface area contributed by atoms with Gasteiger partial charge in [-0.05, 0) is 56.5 Å². The third-order valence-corrected chi connectivity index (χ3v) is 5.64. The fraction of sp³-hybridized carbons (Fsp3) is 0.526. The van der Waals surface area contributed by atoms with Crippen LogP contribution < -0.4 is 10.2 Å². The lowest BCUT2D eigenvalue weighted by atomic mass is 10.1. The van der Waals surface area contributed by atoms with Crippen molar-refractivity contribution in [3.8, 4) is 0 Å². The van der Waals surface area contributed by atoms with Crippen LogP contribution in [0.25, 0.3) is 0 Å². The summed E-state index contributed by atoms with van der Waals surface area (Å²) in [5.74, 6) is 1.74. The van der Waals surface area contributed by atoms with Crippen LogP contribution in [0.1, 0.15) is 47.6 Å². The number of amides is 1. The quantitative estimate of drug-likeness (QED) is 0.860. The van der Waals surface area contributed by atoms with Gasteiger partial charge in [0.25, 0.3) is 0 Å². The molecule has 134 valence electrons. The summed E-state index contributed by atoms with van der Waals surface area (Å²) in [5.41, 5.74) is 2.22. The van der Waals surface area contributed by atoms with Crippen LogP contribution in [0.5, 0.6) is 0 Å². The third-order valence-electron chi connectivity index (χ3n) is 4.56. The molecule has 0 radical (unpaired) electrons. The maximum Gasteiger partial charge on any atom is 0.220 e. The maximum absolute atomic E-state index is 12.1. The Kier molecular flexibility index (Phi) is 6.02. The Morgan fingerprint density at radius 1 is 1.24 bits per heavy atom. The number of carbonyl (C=O) groups excluding carboxylic acids is 1. The Balaban J connectivity index is 1.54. The predicted octanol–water partition coefficient (Wildman–Crippen LogP) is 3.39. The highest BCUT2D eigenvalue weighted by atomic mass is 32.1. The fourth-order valence-corrected chi connectivity index (χ4v) is 4.04. The summed E-state index contributed by atoms with van der Waals surface area (Å²) in [4.78, 5) is 24.9. The smallest absolute Gasteiger partial charge is 0.220 e. The molecule has 2 aromatic heterocycles. The van der Waals surface area contributed by atoms with E-state index < -0.39 is 0 Å². The van der Waals surface area contributed by atoms with Crippen LogP contribution in [-0.4, -0.2) is 29.0 Å². The summed E-state index contributed by atoms with van der Waals surface area (Å²) in [5, 5.41) is 5.04. The van der Waals surface area contributed by atoms with Gasteiger partial charge in [-0.25, -0.2) is 9.97 Å². The zero-order chi connectivity index (χ0) is 17.6. The predicted molar refractivity (Wildman–Crippen MR) is 102 cm³/mol. The molecule has 0 saturated carbocycles. The van der Waals surface area contributed by atoms with Crippen LogP contribution in [0.15, 0.2) is 17.5 Å². The van der Waals surface area contributed by atoms with Crippen molar-refractivity contribution in [2.45, 2.75) is 52.5 Å². The van der Waals surface area contributed by atoms with Crippen molar-refractivity contribution < 1.29 is 4.79 Å². The molecule has 1 aliphatic heterocycles. The fourth-order valence-electron chi connectivity index (χ4n) is 3.13. The second kappa shape index (κ2) is 8.43. The first-order chi connectivity index (χ1) is 12.1. The number of carbonyl (C=O) groups is 1. The first kappa shape index (κ1) is 17.9. The van der Waals surface area contributed by atoms with E-state index in [9.17, 15) is 4.79 Å². The van der Waals surface area contributed by atoms with Crippen LogP contribution >= 0.6 is 11.3 Å². The second-order valence-corrected chi connectivity index (χ2v) is 7.64. The lowest BCUT2D eigenvalue weighted by Gasteiger charge is -2.28. The van der Waals surface area contributed by atoms with Crippen molar-refractivity contribution in [1.82, 2.24) is 15.3 Å². The molecule has 1 saturated heterocycles. The first-order valence-electron chi connectivity index (χ1n) is 9.01. The van der Waals surface area contributed by atoms with Crippen LogP contribution in [0.2, 0.25) is 0 Å². The van der Waals surface area contributed by atoms with Crippen LogP contribution in [-0.2, 0) is 17.8 Å². The van der Waals surface area contributed by atoms with Crippen LogP contribution in [0.4, 0.5) is 5.82 Å². The van der Waals surface area contributed by atoms with Crippen LogP contribution in [0, 0.1) is 13.8 Å². The molecule has 1 amide bonds. The average molecular weight is 359 g/mol. The highest BCUT2D eigenvalue weighted by Crippen LogP contribution is 2.19. The van der Waals surface area contributed by atoms with Gasteiger partial charge in [-0.1, -0.05) is 0 Å². The van der Waals surface area contributed by atoms with Crippen molar-refractivity contribution in [3.63, 3.8) is 0 Å². The summed E-state index contributed by atoms with van der Waals surface area (Å²) < 4.78 is 0. The molecule has 0 spiro atoms. The topological polar surface area (TPSA) is 58.1 Å². The van der Waals surface area contributed by atoms with E-state index in [2.05, 4.69) is 38.6 Å². The summed E-state index contributed by atoms with van der Waals surface area (Å²) >= 11 is 1.72. The van der Waals surface area contributed by atoms with E-state index in [1.165, 1.54) is 29.7 Å². The molecule has 6 heteroatoms. The number of nitrogens with one attached hydrogen (secondary N) is 1. The van der Waals surface area contributed by atoms with Crippen molar-refractivity contribution >= 4 is 23.1 Å². The van der Waals surface area contributed by atoms with Gasteiger partial charge >= 0.3 is 0 Å². The van der Waals surface area contributed by atoms with Gasteiger partial charge in [0.1, 0.15) is 11.6 Å². The minimum absolute atomic E-state index is 0.0532. The van der Waals surface area contributed by atoms with Gasteiger partial charge in [-0.3, -0.25) is 4.79 Å². The van der Waals surface area contributed by atoms with Gasteiger partial charge in [-0.15, -0.1) is 11.3 Å². The van der Waals surface area contributed by atoms with E-state index >= 15 is 0 Å². The molecule has 0 aliphatic carbocycles. The molecule has 0 unspecified atom stereocenters. The van der Waals surface area contributed by atoms with Crippen molar-refractivity contribution in [2.24, 2.45) is 0 Å². The van der Waals surface area contributed by atoms with Gasteiger partial charge in [0, 0.05) is 36.1 Å². The van der Waals surface area contributed by atoms with Crippen LogP contribution in [0.3, 0.4) is 0 Å². The number of rotatable bonds is 6. The van der Waals surface area contributed by atoms with Crippen molar-refractivity contribution in [3.05, 3.63) is 39.5 Å². The van der Waals surface area contributed by atoms with E-state index in [0.717, 1.165) is 31.0 Å². The molecule has 2 aromatic rings. The molecule has 5 nitrogen and oxygen atoms in total. The number of hydrogen-bond acceptors (Lipinski definition) is 5. The van der Waals surface area contributed by atoms with E-state index in [4.69, 9.17) is 0 Å². The molecular weight excluding hydrogens is 332 g/mol. The van der Waals surface area contributed by atoms with E-state index in [1.54, 1.807) is 11.3 Å². The third kappa shape index (κ3) is 5.01. The Bertz CT molecular complexity index is 722. The Hall–Kier alpha value is -1.95. The van der Waals surface area contributed by atoms with Gasteiger partial charge < -0.3 is 10.2 Å². The number of aromatic nitrogens is 2. The summed E-state index contributed by atoms with van der Waals surface area (Å²) in [6.07, 6.45) is 5.04. The highest BCUT2D eigenvalue weighted by Gasteiger charge is 2.14. The van der Waals surface area contributed by atoms with Crippen molar-refractivity contribution in [2.75, 3.05) is 18.0 Å². The molecule has 25 heavy (non-hydrogen) atoms. The monoisotopic (exact) mass is 358 g/mol. The Labute approximate surface area is 153 Å². The van der Waals surface area contributed by atoms with E-state index in [-0.39, 0.29) is 5.91 Å². The molecule has 1 fully saturated rings. The van der Waals surface area contributed by atoms with E-state index in [0.29, 0.717) is 18.8 Å². The second-order valence-electron chi connectivity index (χ2n) is 6.63. The SMILES string of the molecule is Cc1cc(N2CCCCC2)nc(CNC(=O)CCc2sccc2C)n1. The van der Waals surface area contributed by atoms with Crippen molar-refractivity contribution in [1.29, 1.82) is 0 Å². The first-order valence-corrected chi connectivity index (χ1v) is 9.89. The standard InChI is InChI=1S/C19H26N4OS/c1-14-8-11-25-16(14)6-7-19(24)20-13-17-21-15(2)12-18(22-17)23-9-4-3-5-10-23/h8,11-12H,3-7,9-10,13H2,1-2H3,(H,20,24). The number of piperidine rings is 1. The highest BCUT2D eigenvalue weighted by molar-refractivity contribution is 7.10. The number of nitrogens with zero attached hydrogens (tertiary/aromatic N) is 3. The number of aryl methyl sites for hydroxylation is 3. The zero-order valence-corrected chi connectivity index (χ0v) is 15.9. The maximum atomic E-state index is 12.1. The number of hydrogen-bond donors (Lipinski definition) is 1. The van der Waals surface area contributed by atoms with Gasteiger partial charge in [0.05, 0.1) is 6.54 Å². The Morgan fingerprint density at radius 2 is 2.04 bits per heavy atom. The minimum Gasteiger partial charge on any atom is -0.357 e. The van der Waals surface area contributed by atoms with Gasteiger partial charge in [0.2, 0.25) is 5.91 Å². The largest absolute Gasteiger partial charge is 0.357 e. The summed E-state index contributed by atoms with van der Waals surface area (Å²) in [6, 6.07) is 4.14. The zero-order valence-electron chi connectivity index (χ0n) is 15.0. The molecule has 1 aliphatic rings. The summed E-state index contributed by atoms with van der Waals surface area (Å²) in [6.45, 7) is 6.59. The molecule has 0 aromatic carbocycles. The van der Waals surface area contributed by atoms with E-state index in [1.807, 2.05) is 13.0 Å². The summed E-state index contributed by atoms with van der Waals surface area (Å²) in [7, 11) is 0. The number of anilines is 1. The van der Waals surface area contributed by atoms with Gasteiger partial charge in [-0.2, -0.15) is 0 Å². The normalized spacial score (nSPS) is 14.6. The number of thiophene rings is 1.